The van der Waals surface area contributed by atoms with Crippen LogP contribution in [0.25, 0.3) is 21.6 Å². The number of carbonyl (C=O) groups is 1. The van der Waals surface area contributed by atoms with Crippen molar-refractivity contribution >= 4 is 17.3 Å². The number of rotatable bonds is 11. The Morgan fingerprint density at radius 2 is 1.84 bits per heavy atom. The summed E-state index contributed by atoms with van der Waals surface area (Å²) in [5.41, 5.74) is 2.70. The molecular formula is C34H32FN5O4. The largest absolute Gasteiger partial charge is 0.497 e. The molecule has 0 bridgehead atoms. The molecule has 0 aliphatic rings. The fraction of sp³-hybridized carbons (Fsp3) is 0.235. The summed E-state index contributed by atoms with van der Waals surface area (Å²) in [5.74, 6) is -0.595. The summed E-state index contributed by atoms with van der Waals surface area (Å²) >= 11 is 0. The van der Waals surface area contributed by atoms with Gasteiger partial charge < -0.3 is 18.9 Å². The van der Waals surface area contributed by atoms with E-state index >= 15 is 0 Å². The van der Waals surface area contributed by atoms with E-state index in [-0.39, 0.29) is 36.6 Å². The van der Waals surface area contributed by atoms with Crippen molar-refractivity contribution < 1.29 is 18.7 Å². The molecule has 3 aromatic heterocycles. The van der Waals surface area contributed by atoms with Crippen molar-refractivity contribution in [2.75, 3.05) is 27.3 Å². The molecule has 0 spiro atoms. The normalized spacial score (nSPS) is 11.1. The smallest absolute Gasteiger partial charge is 0.345 e. The van der Waals surface area contributed by atoms with Crippen molar-refractivity contribution in [3.8, 4) is 16.9 Å². The van der Waals surface area contributed by atoms with Crippen molar-refractivity contribution in [1.82, 2.24) is 18.9 Å². The lowest BCUT2D eigenvalue weighted by Crippen LogP contribution is -2.30. The fourth-order valence-corrected chi connectivity index (χ4v) is 5.25. The molecule has 0 radical (unpaired) electrons. The van der Waals surface area contributed by atoms with Gasteiger partial charge in [0.15, 0.2) is 0 Å². The number of nitrogens with zero attached hydrogens (tertiary/aromatic N) is 5. The Labute approximate surface area is 254 Å². The monoisotopic (exact) mass is 593 g/mol. The summed E-state index contributed by atoms with van der Waals surface area (Å²) in [6.07, 6.45) is 3.78. The van der Waals surface area contributed by atoms with Crippen molar-refractivity contribution in [2.45, 2.75) is 26.4 Å². The van der Waals surface area contributed by atoms with E-state index in [0.717, 1.165) is 5.69 Å². The van der Waals surface area contributed by atoms with E-state index in [1.54, 1.807) is 55.1 Å². The molecule has 9 nitrogen and oxygen atoms in total. The molecule has 0 saturated heterocycles. The number of hydrogen-bond donors (Lipinski definition) is 0. The summed E-state index contributed by atoms with van der Waals surface area (Å²) in [5, 5.41) is 0. The van der Waals surface area contributed by atoms with Crippen LogP contribution in [0.1, 0.15) is 34.2 Å². The number of esters is 1. The highest BCUT2D eigenvalue weighted by molar-refractivity contribution is 5.94. The summed E-state index contributed by atoms with van der Waals surface area (Å²) in [4.78, 5) is 37.6. The number of pyridine rings is 1. The molecule has 0 fully saturated rings. The van der Waals surface area contributed by atoms with Crippen molar-refractivity contribution in [3.63, 3.8) is 0 Å². The van der Waals surface area contributed by atoms with Crippen molar-refractivity contribution in [3.05, 3.63) is 129 Å². The van der Waals surface area contributed by atoms with Crippen LogP contribution >= 0.6 is 0 Å². The Morgan fingerprint density at radius 1 is 1.09 bits per heavy atom. The minimum absolute atomic E-state index is 0.0214. The lowest BCUT2D eigenvalue weighted by Gasteiger charge is -2.19. The second-order valence-electron chi connectivity index (χ2n) is 10.3. The molecule has 44 heavy (non-hydrogen) atoms. The lowest BCUT2D eigenvalue weighted by molar-refractivity contribution is 0.0523. The van der Waals surface area contributed by atoms with Gasteiger partial charge in [-0.25, -0.2) is 14.0 Å². The minimum Gasteiger partial charge on any atom is -0.497 e. The Hall–Kier alpha value is -5.27. The van der Waals surface area contributed by atoms with Crippen molar-refractivity contribution in [2.24, 2.45) is 0 Å². The number of carbonyl (C=O) groups excluding carboxylic acids is 1. The Kier molecular flexibility index (Phi) is 9.17. The molecule has 3 heterocycles. The molecule has 0 saturated carbocycles. The summed E-state index contributed by atoms with van der Waals surface area (Å²) < 4.78 is 28.5. The predicted molar refractivity (Wildman–Crippen MR) is 166 cm³/mol. The average molecular weight is 594 g/mol. The third-order valence-electron chi connectivity index (χ3n) is 7.39. The van der Waals surface area contributed by atoms with Gasteiger partial charge in [-0.2, -0.15) is 0 Å². The maximum Gasteiger partial charge on any atom is 0.345 e. The van der Waals surface area contributed by atoms with Crippen molar-refractivity contribution in [1.29, 1.82) is 0 Å². The number of aromatic nitrogens is 3. The minimum atomic E-state index is -0.791. The third kappa shape index (κ3) is 6.09. The fourth-order valence-electron chi connectivity index (χ4n) is 5.25. The first-order valence-electron chi connectivity index (χ1n) is 14.2. The van der Waals surface area contributed by atoms with Crippen LogP contribution in [-0.2, 0) is 24.2 Å². The quantitative estimate of drug-likeness (QED) is 0.143. The van der Waals surface area contributed by atoms with E-state index in [9.17, 15) is 14.0 Å². The first-order chi connectivity index (χ1) is 21.4. The number of fused-ring (bicyclic) bond motifs is 1. The number of hydrogen-bond acceptors (Lipinski definition) is 6. The molecule has 5 rings (SSSR count). The molecule has 10 heteroatoms. The van der Waals surface area contributed by atoms with Crippen LogP contribution in [-0.4, -0.2) is 52.1 Å². The predicted octanol–water partition coefficient (Wildman–Crippen LogP) is 5.76. The highest BCUT2D eigenvalue weighted by Crippen LogP contribution is 2.40. The van der Waals surface area contributed by atoms with E-state index in [2.05, 4.69) is 9.83 Å². The molecule has 5 aromatic rings. The van der Waals surface area contributed by atoms with Gasteiger partial charge in [0.25, 0.3) is 5.56 Å². The first-order valence-corrected chi connectivity index (χ1v) is 14.2. The highest BCUT2D eigenvalue weighted by atomic mass is 19.1. The van der Waals surface area contributed by atoms with Gasteiger partial charge in [0, 0.05) is 54.4 Å². The standard InChI is InChI=1S/C34H32FN5O4/c1-5-44-34(42)27-21-39(20-24-10-6-7-12-28(24)35)32-31(36-2)30(23-13-15-26(43-4)16-14-23)29(40(32)33(27)41)22-38(3)19-17-25-11-8-9-18-37-25/h6-16,18,21H,5,17,19-20,22H2,1,3-4H3. The van der Waals surface area contributed by atoms with Gasteiger partial charge in [0.05, 0.1) is 26.8 Å². The highest BCUT2D eigenvalue weighted by Gasteiger charge is 2.28. The molecule has 224 valence electrons. The second kappa shape index (κ2) is 13.4. The van der Waals surface area contributed by atoms with Gasteiger partial charge >= 0.3 is 5.97 Å². The summed E-state index contributed by atoms with van der Waals surface area (Å²) in [7, 11) is 3.49. The first kappa shape index (κ1) is 30.2. The summed E-state index contributed by atoms with van der Waals surface area (Å²) in [6, 6.07) is 19.3. The van der Waals surface area contributed by atoms with Crippen LogP contribution in [0.2, 0.25) is 0 Å². The maximum absolute atomic E-state index is 14.9. The van der Waals surface area contributed by atoms with Crippen LogP contribution < -0.4 is 10.3 Å². The number of methoxy groups -OCH3 is 1. The van der Waals surface area contributed by atoms with E-state index in [1.165, 1.54) is 16.7 Å². The molecule has 2 aromatic carbocycles. The third-order valence-corrected chi connectivity index (χ3v) is 7.39. The van der Waals surface area contributed by atoms with E-state index in [1.807, 2.05) is 42.3 Å². The second-order valence-corrected chi connectivity index (χ2v) is 10.3. The van der Waals surface area contributed by atoms with E-state index < -0.39 is 17.3 Å². The van der Waals surface area contributed by atoms with Gasteiger partial charge in [-0.05, 0) is 49.9 Å². The molecule has 0 N–H and O–H groups in total. The molecule has 0 aliphatic heterocycles. The maximum atomic E-state index is 14.9. The SMILES string of the molecule is [C-]#[N+]c1c(-c2ccc(OC)cc2)c(CN(C)CCc2ccccn2)n2c(=O)c(C(=O)OCC)cn(Cc3ccccc3F)c12. The van der Waals surface area contributed by atoms with E-state index in [0.29, 0.717) is 41.1 Å². The number of halogens is 1. The zero-order chi connectivity index (χ0) is 31.2. The van der Waals surface area contributed by atoms with Crippen LogP contribution in [0.5, 0.6) is 5.75 Å². The number of ether oxygens (including phenoxy) is 2. The number of likely N-dealkylation sites (N-methyl/N-ethyl adjacent to an activating group) is 1. The lowest BCUT2D eigenvalue weighted by atomic mass is 10.0. The number of benzene rings is 2. The van der Waals surface area contributed by atoms with E-state index in [4.69, 9.17) is 16.0 Å². The molecule has 0 unspecified atom stereocenters. The molecular weight excluding hydrogens is 561 g/mol. The van der Waals surface area contributed by atoms with Crippen LogP contribution in [0.3, 0.4) is 0 Å². The van der Waals surface area contributed by atoms with Gasteiger partial charge in [-0.15, -0.1) is 0 Å². The zero-order valence-electron chi connectivity index (χ0n) is 24.8. The Balaban J connectivity index is 1.76. The van der Waals surface area contributed by atoms with Gasteiger partial charge in [-0.3, -0.25) is 14.2 Å². The molecule has 0 aliphatic carbocycles. The average Bonchev–Trinajstić information content (AvgIpc) is 3.37. The van der Waals surface area contributed by atoms with Crippen LogP contribution in [0.4, 0.5) is 10.1 Å². The van der Waals surface area contributed by atoms with Crippen LogP contribution in [0, 0.1) is 12.4 Å². The Bertz CT molecular complexity index is 1890. The Morgan fingerprint density at radius 3 is 2.50 bits per heavy atom. The zero-order valence-corrected chi connectivity index (χ0v) is 24.8. The van der Waals surface area contributed by atoms with Gasteiger partial charge in [0.1, 0.15) is 22.8 Å². The topological polar surface area (TPSA) is 82.4 Å². The van der Waals surface area contributed by atoms with Gasteiger partial charge in [0.2, 0.25) is 5.69 Å². The molecule has 0 atom stereocenters. The summed E-state index contributed by atoms with van der Waals surface area (Å²) in [6.45, 7) is 10.9. The van der Waals surface area contributed by atoms with Crippen LogP contribution in [0.15, 0.2) is 83.9 Å². The van der Waals surface area contributed by atoms with Gasteiger partial charge in [-0.1, -0.05) is 36.4 Å². The molecule has 0 amide bonds.